The highest BCUT2D eigenvalue weighted by Gasteiger charge is 2.05. The molecule has 1 aromatic carbocycles. The van der Waals surface area contributed by atoms with Gasteiger partial charge < -0.3 is 5.73 Å². The van der Waals surface area contributed by atoms with Crippen LogP contribution in [0, 0.1) is 0 Å². The van der Waals surface area contributed by atoms with Gasteiger partial charge in [0.2, 0.25) is 0 Å². The first-order chi connectivity index (χ1) is 6.11. The summed E-state index contributed by atoms with van der Waals surface area (Å²) in [7, 11) is 0. The van der Waals surface area contributed by atoms with E-state index in [-0.39, 0.29) is 6.04 Å². The van der Waals surface area contributed by atoms with Gasteiger partial charge in [0.15, 0.2) is 0 Å². The van der Waals surface area contributed by atoms with E-state index >= 15 is 0 Å². The van der Waals surface area contributed by atoms with E-state index in [1.54, 1.807) is 0 Å². The monoisotopic (exact) mass is 217 g/mol. The normalized spacial score (nSPS) is 12.9. The van der Waals surface area contributed by atoms with Gasteiger partial charge in [0.05, 0.1) is 0 Å². The molecule has 0 spiro atoms. The van der Waals surface area contributed by atoms with Crippen molar-refractivity contribution in [2.24, 2.45) is 5.73 Å². The first-order valence-corrected chi connectivity index (χ1v) is 5.05. The number of nitrogens with two attached hydrogens (primary N) is 1. The van der Waals surface area contributed by atoms with Gasteiger partial charge in [0.25, 0.3) is 0 Å². The third-order valence-electron chi connectivity index (χ3n) is 1.91. The van der Waals surface area contributed by atoms with Gasteiger partial charge in [-0.25, -0.2) is 0 Å². The molecule has 0 aromatic heterocycles. The van der Waals surface area contributed by atoms with Crippen molar-refractivity contribution in [1.29, 1.82) is 0 Å². The molecule has 0 fully saturated rings. The standard InChI is InChI=1S/C10H13Cl2N/c1-7(13)5-6-8-9(11)3-2-4-10(8)12/h2-4,7H,5-6,13H2,1H3/t7-/m0/s1. The van der Waals surface area contributed by atoms with Crippen LogP contribution in [-0.4, -0.2) is 6.04 Å². The molecule has 0 saturated carbocycles. The van der Waals surface area contributed by atoms with Crippen molar-refractivity contribution in [1.82, 2.24) is 0 Å². The maximum Gasteiger partial charge on any atom is 0.0452 e. The van der Waals surface area contributed by atoms with Crippen LogP contribution >= 0.6 is 23.2 Å². The average molecular weight is 218 g/mol. The maximum absolute atomic E-state index is 5.99. The molecule has 0 radical (unpaired) electrons. The second-order valence-corrected chi connectivity index (χ2v) is 4.03. The van der Waals surface area contributed by atoms with Gasteiger partial charge in [-0.2, -0.15) is 0 Å². The maximum atomic E-state index is 5.99. The molecule has 72 valence electrons. The third kappa shape index (κ3) is 3.18. The predicted octanol–water partition coefficient (Wildman–Crippen LogP) is 3.27. The Bertz CT molecular complexity index is 264. The van der Waals surface area contributed by atoms with Crippen LogP contribution in [0.25, 0.3) is 0 Å². The summed E-state index contributed by atoms with van der Waals surface area (Å²) in [6, 6.07) is 5.74. The van der Waals surface area contributed by atoms with Crippen LogP contribution in [0.1, 0.15) is 18.9 Å². The quantitative estimate of drug-likeness (QED) is 0.827. The zero-order chi connectivity index (χ0) is 9.84. The number of benzene rings is 1. The molecule has 2 N–H and O–H groups in total. The van der Waals surface area contributed by atoms with Crippen molar-refractivity contribution in [3.63, 3.8) is 0 Å². The Morgan fingerprint density at radius 1 is 1.31 bits per heavy atom. The minimum Gasteiger partial charge on any atom is -0.328 e. The van der Waals surface area contributed by atoms with E-state index in [4.69, 9.17) is 28.9 Å². The molecule has 1 rings (SSSR count). The van der Waals surface area contributed by atoms with Gasteiger partial charge in [-0.3, -0.25) is 0 Å². The van der Waals surface area contributed by atoms with Crippen LogP contribution in [0.5, 0.6) is 0 Å². The van der Waals surface area contributed by atoms with Crippen molar-refractivity contribution in [3.05, 3.63) is 33.8 Å². The molecule has 0 aliphatic rings. The second kappa shape index (κ2) is 4.85. The molecule has 1 nitrogen and oxygen atoms in total. The molecule has 0 bridgehead atoms. The topological polar surface area (TPSA) is 26.0 Å². The lowest BCUT2D eigenvalue weighted by Crippen LogP contribution is -2.15. The summed E-state index contributed by atoms with van der Waals surface area (Å²) in [6.07, 6.45) is 1.75. The highest BCUT2D eigenvalue weighted by Crippen LogP contribution is 2.25. The van der Waals surface area contributed by atoms with E-state index in [0.717, 1.165) is 28.5 Å². The second-order valence-electron chi connectivity index (χ2n) is 3.22. The van der Waals surface area contributed by atoms with Gasteiger partial charge in [-0.1, -0.05) is 29.3 Å². The van der Waals surface area contributed by atoms with E-state index in [0.29, 0.717) is 0 Å². The molecule has 0 amide bonds. The van der Waals surface area contributed by atoms with Crippen LogP contribution < -0.4 is 5.73 Å². The Morgan fingerprint density at radius 3 is 2.31 bits per heavy atom. The molecule has 1 atom stereocenters. The minimum absolute atomic E-state index is 0.187. The van der Waals surface area contributed by atoms with Crippen molar-refractivity contribution in [2.75, 3.05) is 0 Å². The molecule has 0 aliphatic heterocycles. The Labute approximate surface area is 88.8 Å². The SMILES string of the molecule is C[C@H](N)CCc1c(Cl)cccc1Cl. The third-order valence-corrected chi connectivity index (χ3v) is 2.62. The molecule has 0 heterocycles. The van der Waals surface area contributed by atoms with Crippen molar-refractivity contribution in [2.45, 2.75) is 25.8 Å². The zero-order valence-corrected chi connectivity index (χ0v) is 9.07. The Morgan fingerprint density at radius 2 is 1.85 bits per heavy atom. The number of halogens is 2. The Hall–Kier alpha value is -0.240. The number of hydrogen-bond donors (Lipinski definition) is 1. The average Bonchev–Trinajstić information content (AvgIpc) is 2.03. The highest BCUT2D eigenvalue weighted by molar-refractivity contribution is 6.35. The molecular formula is C10H13Cl2N. The van der Waals surface area contributed by atoms with Crippen molar-refractivity contribution < 1.29 is 0 Å². The first-order valence-electron chi connectivity index (χ1n) is 4.29. The summed E-state index contributed by atoms with van der Waals surface area (Å²) in [4.78, 5) is 0. The number of hydrogen-bond acceptors (Lipinski definition) is 1. The van der Waals surface area contributed by atoms with Crippen molar-refractivity contribution in [3.8, 4) is 0 Å². The summed E-state index contributed by atoms with van der Waals surface area (Å²) in [5.74, 6) is 0. The van der Waals surface area contributed by atoms with Crippen LogP contribution in [0.2, 0.25) is 10.0 Å². The van der Waals surface area contributed by atoms with E-state index in [9.17, 15) is 0 Å². The van der Waals surface area contributed by atoms with Crippen LogP contribution in [0.15, 0.2) is 18.2 Å². The fraction of sp³-hybridized carbons (Fsp3) is 0.400. The zero-order valence-electron chi connectivity index (χ0n) is 7.56. The van der Waals surface area contributed by atoms with E-state index in [1.807, 2.05) is 25.1 Å². The Balaban J connectivity index is 2.75. The summed E-state index contributed by atoms with van der Waals surface area (Å²) in [5.41, 5.74) is 6.66. The predicted molar refractivity (Wildman–Crippen MR) is 58.4 cm³/mol. The van der Waals surface area contributed by atoms with E-state index in [1.165, 1.54) is 0 Å². The summed E-state index contributed by atoms with van der Waals surface area (Å²) in [5, 5.41) is 1.46. The van der Waals surface area contributed by atoms with Gasteiger partial charge >= 0.3 is 0 Å². The van der Waals surface area contributed by atoms with Crippen LogP contribution in [-0.2, 0) is 6.42 Å². The summed E-state index contributed by atoms with van der Waals surface area (Å²) < 4.78 is 0. The van der Waals surface area contributed by atoms with E-state index in [2.05, 4.69) is 0 Å². The molecule has 13 heavy (non-hydrogen) atoms. The summed E-state index contributed by atoms with van der Waals surface area (Å²) >= 11 is 12.0. The fourth-order valence-corrected chi connectivity index (χ4v) is 1.73. The molecule has 0 unspecified atom stereocenters. The largest absolute Gasteiger partial charge is 0.328 e. The van der Waals surface area contributed by atoms with Crippen LogP contribution in [0.4, 0.5) is 0 Å². The summed E-state index contributed by atoms with van der Waals surface area (Å²) in [6.45, 7) is 1.98. The molecule has 0 saturated heterocycles. The van der Waals surface area contributed by atoms with Gasteiger partial charge in [0, 0.05) is 16.1 Å². The fourth-order valence-electron chi connectivity index (χ4n) is 1.14. The van der Waals surface area contributed by atoms with Crippen LogP contribution in [0.3, 0.4) is 0 Å². The van der Waals surface area contributed by atoms with Gasteiger partial charge in [0.1, 0.15) is 0 Å². The first kappa shape index (κ1) is 10.8. The Kier molecular flexibility index (Phi) is 4.04. The van der Waals surface area contributed by atoms with Gasteiger partial charge in [-0.15, -0.1) is 0 Å². The highest BCUT2D eigenvalue weighted by atomic mass is 35.5. The lowest BCUT2D eigenvalue weighted by molar-refractivity contribution is 0.666. The lowest BCUT2D eigenvalue weighted by Gasteiger charge is -2.08. The molecule has 3 heteroatoms. The molecular weight excluding hydrogens is 205 g/mol. The molecule has 1 aromatic rings. The van der Waals surface area contributed by atoms with Gasteiger partial charge in [-0.05, 0) is 37.5 Å². The van der Waals surface area contributed by atoms with Crippen molar-refractivity contribution >= 4 is 23.2 Å². The lowest BCUT2D eigenvalue weighted by atomic mass is 10.1. The number of rotatable bonds is 3. The minimum atomic E-state index is 0.187. The molecule has 0 aliphatic carbocycles. The smallest absolute Gasteiger partial charge is 0.0452 e. The van der Waals surface area contributed by atoms with E-state index < -0.39 is 0 Å².